The van der Waals surface area contributed by atoms with Crippen LogP contribution in [0.3, 0.4) is 0 Å². The largest absolute Gasteiger partial charge is 0.368 e. The van der Waals surface area contributed by atoms with E-state index in [2.05, 4.69) is 30.0 Å². The van der Waals surface area contributed by atoms with Gasteiger partial charge in [0.1, 0.15) is 17.7 Å². The van der Waals surface area contributed by atoms with Crippen LogP contribution in [0.1, 0.15) is 47.5 Å². The Hall–Kier alpha value is -2.87. The minimum atomic E-state index is -0.0782. The predicted molar refractivity (Wildman–Crippen MR) is 102 cm³/mol. The van der Waals surface area contributed by atoms with E-state index in [0.29, 0.717) is 11.7 Å². The molecule has 0 aromatic carbocycles. The Kier molecular flexibility index (Phi) is 4.27. The summed E-state index contributed by atoms with van der Waals surface area (Å²) in [6, 6.07) is 1.95. The number of ether oxygens (including phenoxy) is 1. The summed E-state index contributed by atoms with van der Waals surface area (Å²) in [5.41, 5.74) is 4.33. The molecule has 0 spiro atoms. The highest BCUT2D eigenvalue weighted by Crippen LogP contribution is 2.34. The molecule has 0 saturated carbocycles. The quantitative estimate of drug-likeness (QED) is 0.687. The summed E-state index contributed by atoms with van der Waals surface area (Å²) in [5.74, 6) is 2.90. The number of pyridine rings is 1. The Labute approximate surface area is 163 Å². The smallest absolute Gasteiger partial charge is 0.256 e. The van der Waals surface area contributed by atoms with Gasteiger partial charge in [-0.15, -0.1) is 0 Å². The van der Waals surface area contributed by atoms with Gasteiger partial charge in [0.2, 0.25) is 5.82 Å². The van der Waals surface area contributed by atoms with Gasteiger partial charge in [0.25, 0.3) is 5.89 Å². The third-order valence-electron chi connectivity index (χ3n) is 5.41. The van der Waals surface area contributed by atoms with E-state index in [0.717, 1.165) is 61.9 Å². The molecular formula is C20H22N6O2. The molecule has 1 saturated heterocycles. The summed E-state index contributed by atoms with van der Waals surface area (Å²) >= 11 is 0. The first-order valence-corrected chi connectivity index (χ1v) is 9.66. The van der Waals surface area contributed by atoms with Gasteiger partial charge >= 0.3 is 0 Å². The third kappa shape index (κ3) is 3.03. The fourth-order valence-corrected chi connectivity index (χ4v) is 4.00. The minimum absolute atomic E-state index is 0.0782. The molecule has 28 heavy (non-hydrogen) atoms. The molecule has 1 atom stereocenters. The van der Waals surface area contributed by atoms with E-state index in [1.54, 1.807) is 6.20 Å². The lowest BCUT2D eigenvalue weighted by molar-refractivity contribution is 0.0835. The van der Waals surface area contributed by atoms with Gasteiger partial charge in [-0.1, -0.05) is 5.16 Å². The molecule has 3 aromatic heterocycles. The average Bonchev–Trinajstić information content (AvgIpc) is 3.39. The van der Waals surface area contributed by atoms with Crippen LogP contribution < -0.4 is 4.90 Å². The molecule has 0 bridgehead atoms. The van der Waals surface area contributed by atoms with Gasteiger partial charge in [-0.05, 0) is 50.3 Å². The Morgan fingerprint density at radius 3 is 2.93 bits per heavy atom. The molecule has 1 unspecified atom stereocenters. The highest BCUT2D eigenvalue weighted by molar-refractivity contribution is 5.65. The summed E-state index contributed by atoms with van der Waals surface area (Å²) in [6.07, 6.45) is 6.51. The molecular weight excluding hydrogens is 356 g/mol. The standard InChI is InChI=1S/C20H22N6O2/c1-12-18(19-24-20(28-25-19)16-4-3-9-27-16)15-6-8-26(11-14(15)10-22-12)17-5-7-21-13(2)23-17/h5,7,10,16H,3-4,6,8-9,11H2,1-2H3. The summed E-state index contributed by atoms with van der Waals surface area (Å²) in [6.45, 7) is 6.28. The van der Waals surface area contributed by atoms with Crippen LogP contribution in [0.4, 0.5) is 5.82 Å². The first kappa shape index (κ1) is 17.2. The van der Waals surface area contributed by atoms with Crippen LogP contribution >= 0.6 is 0 Å². The van der Waals surface area contributed by atoms with Gasteiger partial charge in [0.15, 0.2) is 0 Å². The van der Waals surface area contributed by atoms with Crippen molar-refractivity contribution in [3.05, 3.63) is 47.0 Å². The van der Waals surface area contributed by atoms with Crippen LogP contribution in [0.5, 0.6) is 0 Å². The number of aromatic nitrogens is 5. The van der Waals surface area contributed by atoms with E-state index in [-0.39, 0.29) is 6.10 Å². The summed E-state index contributed by atoms with van der Waals surface area (Å²) < 4.78 is 11.2. The van der Waals surface area contributed by atoms with Gasteiger partial charge in [-0.3, -0.25) is 4.98 Å². The molecule has 1 fully saturated rings. The van der Waals surface area contributed by atoms with E-state index in [4.69, 9.17) is 9.26 Å². The third-order valence-corrected chi connectivity index (χ3v) is 5.41. The number of rotatable bonds is 3. The lowest BCUT2D eigenvalue weighted by atomic mass is 9.94. The van der Waals surface area contributed by atoms with E-state index >= 15 is 0 Å². The number of hydrogen-bond donors (Lipinski definition) is 0. The molecule has 0 radical (unpaired) electrons. The Morgan fingerprint density at radius 1 is 1.18 bits per heavy atom. The lowest BCUT2D eigenvalue weighted by Gasteiger charge is -2.30. The van der Waals surface area contributed by atoms with Crippen LogP contribution in [-0.4, -0.2) is 38.2 Å². The first-order chi connectivity index (χ1) is 13.7. The molecule has 144 valence electrons. The van der Waals surface area contributed by atoms with E-state index in [9.17, 15) is 0 Å². The van der Waals surface area contributed by atoms with Gasteiger partial charge < -0.3 is 14.2 Å². The molecule has 0 N–H and O–H groups in total. The minimum Gasteiger partial charge on any atom is -0.368 e. The van der Waals surface area contributed by atoms with E-state index in [1.165, 1.54) is 11.1 Å². The molecule has 0 aliphatic carbocycles. The highest BCUT2D eigenvalue weighted by Gasteiger charge is 2.28. The predicted octanol–water partition coefficient (Wildman–Crippen LogP) is 2.95. The van der Waals surface area contributed by atoms with Crippen molar-refractivity contribution >= 4 is 5.82 Å². The zero-order valence-electron chi connectivity index (χ0n) is 16.1. The number of nitrogens with zero attached hydrogens (tertiary/aromatic N) is 6. The Bertz CT molecular complexity index is 1010. The number of anilines is 1. The van der Waals surface area contributed by atoms with Gasteiger partial charge in [-0.25, -0.2) is 9.97 Å². The SMILES string of the molecule is Cc1nccc(N2CCc3c(cnc(C)c3-c3noc(C4CCCO4)n3)C2)n1. The number of fused-ring (bicyclic) bond motifs is 1. The molecule has 5 rings (SSSR count). The van der Waals surface area contributed by atoms with Crippen molar-refractivity contribution in [3.8, 4) is 11.4 Å². The van der Waals surface area contributed by atoms with Crippen LogP contribution in [-0.2, 0) is 17.7 Å². The first-order valence-electron chi connectivity index (χ1n) is 9.66. The van der Waals surface area contributed by atoms with Crippen molar-refractivity contribution in [1.29, 1.82) is 0 Å². The van der Waals surface area contributed by atoms with Crippen molar-refractivity contribution in [1.82, 2.24) is 25.1 Å². The van der Waals surface area contributed by atoms with Crippen molar-refractivity contribution in [3.63, 3.8) is 0 Å². The van der Waals surface area contributed by atoms with Gasteiger partial charge in [0.05, 0.1) is 0 Å². The van der Waals surface area contributed by atoms with Gasteiger partial charge in [0, 0.05) is 43.3 Å². The maximum Gasteiger partial charge on any atom is 0.256 e. The average molecular weight is 378 g/mol. The second-order valence-corrected chi connectivity index (χ2v) is 7.31. The zero-order valence-corrected chi connectivity index (χ0v) is 16.1. The second kappa shape index (κ2) is 6.94. The number of hydrogen-bond acceptors (Lipinski definition) is 8. The molecule has 8 nitrogen and oxygen atoms in total. The normalized spacial score (nSPS) is 19.1. The second-order valence-electron chi connectivity index (χ2n) is 7.31. The monoisotopic (exact) mass is 378 g/mol. The van der Waals surface area contributed by atoms with Crippen LogP contribution in [0, 0.1) is 13.8 Å². The van der Waals surface area contributed by atoms with E-state index in [1.807, 2.05) is 26.1 Å². The number of aryl methyl sites for hydroxylation is 2. The van der Waals surface area contributed by atoms with Crippen LogP contribution in [0.2, 0.25) is 0 Å². The topological polar surface area (TPSA) is 90.1 Å². The molecule has 2 aliphatic heterocycles. The van der Waals surface area contributed by atoms with Gasteiger partial charge in [-0.2, -0.15) is 4.98 Å². The van der Waals surface area contributed by atoms with Crippen LogP contribution in [0.15, 0.2) is 23.0 Å². The van der Waals surface area contributed by atoms with Crippen molar-refractivity contribution in [2.24, 2.45) is 0 Å². The summed E-state index contributed by atoms with van der Waals surface area (Å²) in [7, 11) is 0. The van der Waals surface area contributed by atoms with Crippen molar-refractivity contribution in [2.45, 2.75) is 45.8 Å². The van der Waals surface area contributed by atoms with Crippen molar-refractivity contribution in [2.75, 3.05) is 18.1 Å². The summed E-state index contributed by atoms with van der Waals surface area (Å²) in [4.78, 5) is 20.3. The molecule has 5 heterocycles. The molecule has 3 aromatic rings. The fourth-order valence-electron chi connectivity index (χ4n) is 4.00. The van der Waals surface area contributed by atoms with E-state index < -0.39 is 0 Å². The maximum atomic E-state index is 5.67. The fraction of sp³-hybridized carbons (Fsp3) is 0.450. The maximum absolute atomic E-state index is 5.67. The Morgan fingerprint density at radius 2 is 2.11 bits per heavy atom. The Balaban J connectivity index is 1.48. The zero-order chi connectivity index (χ0) is 19.1. The lowest BCUT2D eigenvalue weighted by Crippen LogP contribution is -2.32. The van der Waals surface area contributed by atoms with Crippen molar-refractivity contribution < 1.29 is 9.26 Å². The molecule has 2 aliphatic rings. The highest BCUT2D eigenvalue weighted by atomic mass is 16.5. The van der Waals surface area contributed by atoms with Crippen LogP contribution in [0.25, 0.3) is 11.4 Å². The molecule has 8 heteroatoms. The summed E-state index contributed by atoms with van der Waals surface area (Å²) in [5, 5.41) is 4.25. The molecule has 0 amide bonds.